The van der Waals surface area contributed by atoms with E-state index >= 15 is 0 Å². The van der Waals surface area contributed by atoms with Crippen molar-refractivity contribution in [2.75, 3.05) is 13.1 Å². The van der Waals surface area contributed by atoms with Crippen molar-refractivity contribution in [1.29, 1.82) is 0 Å². The fourth-order valence-corrected chi connectivity index (χ4v) is 2.60. The van der Waals surface area contributed by atoms with Crippen molar-refractivity contribution < 1.29 is 9.90 Å². The monoisotopic (exact) mass is 277 g/mol. The zero-order valence-electron chi connectivity index (χ0n) is 11.8. The number of amides is 1. The molecule has 1 aromatic heterocycles. The summed E-state index contributed by atoms with van der Waals surface area (Å²) in [5.41, 5.74) is -0.575. The second-order valence-corrected chi connectivity index (χ2v) is 5.92. The summed E-state index contributed by atoms with van der Waals surface area (Å²) in [5, 5.41) is 9.95. The minimum atomic E-state index is -0.794. The van der Waals surface area contributed by atoms with Gasteiger partial charge in [0.1, 0.15) is 11.4 Å². The van der Waals surface area contributed by atoms with Crippen LogP contribution < -0.4 is 5.56 Å². The fraction of sp³-hybridized carbons (Fsp3) is 0.643. The van der Waals surface area contributed by atoms with E-state index in [0.29, 0.717) is 23.9 Å². The number of β-amino-alcohol motifs (C(OH)–C–C–N with tert-alkyl or cyclic N) is 1. The van der Waals surface area contributed by atoms with Gasteiger partial charge in [-0.15, -0.1) is 0 Å². The predicted molar refractivity (Wildman–Crippen MR) is 72.7 cm³/mol. The van der Waals surface area contributed by atoms with Crippen LogP contribution in [0.4, 0.5) is 0 Å². The molecule has 1 aliphatic heterocycles. The van der Waals surface area contributed by atoms with Gasteiger partial charge in [0.15, 0.2) is 0 Å². The van der Waals surface area contributed by atoms with Crippen molar-refractivity contribution in [2.24, 2.45) is 0 Å². The summed E-state index contributed by atoms with van der Waals surface area (Å²) in [5.74, 6) is 0.703. The number of hydrogen-bond acceptors (Lipinski definition) is 4. The highest BCUT2D eigenvalue weighted by Gasteiger charge is 2.43. The van der Waals surface area contributed by atoms with Crippen LogP contribution >= 0.6 is 0 Å². The molecule has 0 atom stereocenters. The van der Waals surface area contributed by atoms with Crippen molar-refractivity contribution in [3.63, 3.8) is 0 Å². The second kappa shape index (κ2) is 4.41. The normalized spacial score (nSPS) is 20.6. The fourth-order valence-electron chi connectivity index (χ4n) is 2.60. The van der Waals surface area contributed by atoms with Gasteiger partial charge in [0.05, 0.1) is 24.4 Å². The number of likely N-dealkylation sites (tertiary alicyclic amines) is 1. The molecule has 2 heterocycles. The van der Waals surface area contributed by atoms with Crippen molar-refractivity contribution in [2.45, 2.75) is 44.6 Å². The zero-order valence-corrected chi connectivity index (χ0v) is 11.8. The Labute approximate surface area is 116 Å². The molecular weight excluding hydrogens is 258 g/mol. The molecule has 0 spiro atoms. The van der Waals surface area contributed by atoms with Crippen molar-refractivity contribution in [3.05, 3.63) is 27.4 Å². The highest BCUT2D eigenvalue weighted by atomic mass is 16.3. The lowest BCUT2D eigenvalue weighted by Gasteiger charge is -2.46. The number of aromatic amines is 1. The lowest BCUT2D eigenvalue weighted by atomic mass is 9.90. The van der Waals surface area contributed by atoms with Gasteiger partial charge in [-0.2, -0.15) is 0 Å². The largest absolute Gasteiger partial charge is 0.386 e. The first-order valence-corrected chi connectivity index (χ1v) is 7.06. The lowest BCUT2D eigenvalue weighted by Crippen LogP contribution is -2.63. The maximum Gasteiger partial charge on any atom is 0.264 e. The van der Waals surface area contributed by atoms with E-state index in [1.54, 1.807) is 6.92 Å². The van der Waals surface area contributed by atoms with E-state index in [9.17, 15) is 14.7 Å². The van der Waals surface area contributed by atoms with E-state index in [4.69, 9.17) is 0 Å². The minimum Gasteiger partial charge on any atom is -0.386 e. The molecule has 2 fully saturated rings. The topological polar surface area (TPSA) is 86.3 Å². The first-order chi connectivity index (χ1) is 9.43. The number of carbonyl (C=O) groups is 1. The SMILES string of the molecule is CCC1(O)CN(C(=O)c2c(C)nc(C3CC3)[nH]c2=O)C1. The van der Waals surface area contributed by atoms with E-state index in [1.165, 1.54) is 4.90 Å². The molecule has 1 amide bonds. The van der Waals surface area contributed by atoms with Crippen LogP contribution in [0.15, 0.2) is 4.79 Å². The van der Waals surface area contributed by atoms with Crippen molar-refractivity contribution >= 4 is 5.91 Å². The van der Waals surface area contributed by atoms with Crippen molar-refractivity contribution in [3.8, 4) is 0 Å². The highest BCUT2D eigenvalue weighted by Crippen LogP contribution is 2.37. The van der Waals surface area contributed by atoms with Gasteiger partial charge in [0, 0.05) is 5.92 Å². The molecule has 1 saturated heterocycles. The Morgan fingerprint density at radius 2 is 2.15 bits per heavy atom. The number of nitrogens with zero attached hydrogens (tertiary/aromatic N) is 2. The van der Waals surface area contributed by atoms with Gasteiger partial charge < -0.3 is 15.0 Å². The first kappa shape index (κ1) is 13.3. The molecule has 0 unspecified atom stereocenters. The van der Waals surface area contributed by atoms with Crippen LogP contribution in [-0.4, -0.2) is 44.6 Å². The first-order valence-electron chi connectivity index (χ1n) is 7.06. The molecule has 1 saturated carbocycles. The number of aryl methyl sites for hydroxylation is 1. The molecule has 2 aliphatic rings. The average Bonchev–Trinajstić information content (AvgIpc) is 3.18. The molecule has 20 heavy (non-hydrogen) atoms. The Kier molecular flexibility index (Phi) is 2.93. The van der Waals surface area contributed by atoms with E-state index in [-0.39, 0.29) is 30.1 Å². The van der Waals surface area contributed by atoms with Gasteiger partial charge in [0.2, 0.25) is 0 Å². The van der Waals surface area contributed by atoms with Crippen LogP contribution in [-0.2, 0) is 0 Å². The molecule has 0 bridgehead atoms. The number of carbonyl (C=O) groups excluding carboxylic acids is 1. The number of H-pyrrole nitrogens is 1. The molecule has 0 radical (unpaired) electrons. The van der Waals surface area contributed by atoms with Crippen LogP contribution in [0.5, 0.6) is 0 Å². The van der Waals surface area contributed by atoms with Gasteiger partial charge in [-0.1, -0.05) is 6.92 Å². The maximum atomic E-state index is 12.3. The third-order valence-corrected chi connectivity index (χ3v) is 4.21. The molecule has 6 nitrogen and oxygen atoms in total. The average molecular weight is 277 g/mol. The highest BCUT2D eigenvalue weighted by molar-refractivity contribution is 5.95. The number of rotatable bonds is 3. The Balaban J connectivity index is 1.84. The quantitative estimate of drug-likeness (QED) is 0.845. The van der Waals surface area contributed by atoms with Gasteiger partial charge >= 0.3 is 0 Å². The Morgan fingerprint density at radius 1 is 1.50 bits per heavy atom. The van der Waals surface area contributed by atoms with Gasteiger partial charge in [-0.3, -0.25) is 9.59 Å². The van der Waals surface area contributed by atoms with Gasteiger partial charge in [-0.25, -0.2) is 4.98 Å². The molecule has 6 heteroatoms. The predicted octanol–water partition coefficient (Wildman–Crippen LogP) is 0.553. The standard InChI is InChI=1S/C14H19N3O3/c1-3-14(20)6-17(7-14)13(19)10-8(2)15-11(9-4-5-9)16-12(10)18/h9,20H,3-7H2,1-2H3,(H,15,16,18). The van der Waals surface area contributed by atoms with Crippen LogP contribution in [0.1, 0.15) is 54.0 Å². The zero-order chi connectivity index (χ0) is 14.5. The van der Waals surface area contributed by atoms with E-state index < -0.39 is 5.60 Å². The van der Waals surface area contributed by atoms with Crippen LogP contribution in [0.3, 0.4) is 0 Å². The number of nitrogens with one attached hydrogen (secondary N) is 1. The minimum absolute atomic E-state index is 0.104. The summed E-state index contributed by atoms with van der Waals surface area (Å²) in [4.78, 5) is 33.0. The second-order valence-electron chi connectivity index (χ2n) is 5.92. The molecule has 3 rings (SSSR count). The molecule has 108 valence electrons. The summed E-state index contributed by atoms with van der Waals surface area (Å²) in [6.07, 6.45) is 2.70. The molecule has 1 aromatic rings. The summed E-state index contributed by atoms with van der Waals surface area (Å²) in [6.45, 7) is 4.14. The summed E-state index contributed by atoms with van der Waals surface area (Å²) in [7, 11) is 0. The summed E-state index contributed by atoms with van der Waals surface area (Å²) in [6, 6.07) is 0. The van der Waals surface area contributed by atoms with E-state index in [1.807, 2.05) is 6.92 Å². The summed E-state index contributed by atoms with van der Waals surface area (Å²) < 4.78 is 0. The third-order valence-electron chi connectivity index (χ3n) is 4.21. The maximum absolute atomic E-state index is 12.3. The number of hydrogen-bond donors (Lipinski definition) is 2. The Morgan fingerprint density at radius 3 is 2.65 bits per heavy atom. The van der Waals surface area contributed by atoms with E-state index in [0.717, 1.165) is 12.8 Å². The lowest BCUT2D eigenvalue weighted by molar-refractivity contribution is -0.0827. The van der Waals surface area contributed by atoms with E-state index in [2.05, 4.69) is 9.97 Å². The smallest absolute Gasteiger partial charge is 0.264 e. The Hall–Kier alpha value is -1.69. The van der Waals surface area contributed by atoms with Gasteiger partial charge in [0.25, 0.3) is 11.5 Å². The molecule has 1 aliphatic carbocycles. The third kappa shape index (κ3) is 2.14. The van der Waals surface area contributed by atoms with Gasteiger partial charge in [-0.05, 0) is 26.2 Å². The van der Waals surface area contributed by atoms with Crippen LogP contribution in [0.2, 0.25) is 0 Å². The number of aromatic nitrogens is 2. The molecular formula is C14H19N3O3. The van der Waals surface area contributed by atoms with Crippen molar-refractivity contribution in [1.82, 2.24) is 14.9 Å². The number of aliphatic hydroxyl groups is 1. The molecule has 2 N–H and O–H groups in total. The Bertz CT molecular complexity index is 613. The summed E-state index contributed by atoms with van der Waals surface area (Å²) >= 11 is 0. The van der Waals surface area contributed by atoms with Crippen LogP contribution in [0.25, 0.3) is 0 Å². The van der Waals surface area contributed by atoms with Crippen LogP contribution in [0, 0.1) is 6.92 Å². The molecule has 0 aromatic carbocycles.